The van der Waals surface area contributed by atoms with Crippen LogP contribution in [0.15, 0.2) is 9.95 Å². The Labute approximate surface area is 130 Å². The third-order valence-electron chi connectivity index (χ3n) is 3.37. The van der Waals surface area contributed by atoms with Crippen molar-refractivity contribution < 1.29 is 4.79 Å². The number of rotatable bonds is 8. The number of hydrogen-bond acceptors (Lipinski definition) is 4. The minimum Gasteiger partial charge on any atom is -0.343 e. The molecule has 0 aromatic carbocycles. The number of aryl methyl sites for hydroxylation is 1. The van der Waals surface area contributed by atoms with Gasteiger partial charge in [0.25, 0.3) is 5.56 Å². The molecule has 0 aliphatic carbocycles. The minimum absolute atomic E-state index is 0.0734. The van der Waals surface area contributed by atoms with E-state index in [0.717, 1.165) is 24.1 Å². The monoisotopic (exact) mass is 311 g/mol. The fourth-order valence-corrected chi connectivity index (χ4v) is 2.98. The number of carbonyl (C=O) groups is 1. The third-order valence-corrected chi connectivity index (χ3v) is 4.23. The van der Waals surface area contributed by atoms with E-state index in [0.29, 0.717) is 30.4 Å². The molecular formula is C15H25N3O2S. The lowest BCUT2D eigenvalue weighted by Gasteiger charge is -2.18. The molecule has 0 aliphatic heterocycles. The van der Waals surface area contributed by atoms with Crippen molar-refractivity contribution in [3.63, 3.8) is 0 Å². The van der Waals surface area contributed by atoms with E-state index < -0.39 is 0 Å². The van der Waals surface area contributed by atoms with Crippen LogP contribution in [-0.4, -0.2) is 39.6 Å². The number of amides is 1. The molecule has 0 atom stereocenters. The van der Waals surface area contributed by atoms with Gasteiger partial charge in [0.2, 0.25) is 5.91 Å². The first-order valence-electron chi connectivity index (χ1n) is 7.59. The van der Waals surface area contributed by atoms with E-state index in [1.54, 1.807) is 4.90 Å². The van der Waals surface area contributed by atoms with Gasteiger partial charge >= 0.3 is 0 Å². The van der Waals surface area contributed by atoms with Gasteiger partial charge < -0.3 is 9.88 Å². The molecule has 118 valence electrons. The van der Waals surface area contributed by atoms with Crippen molar-refractivity contribution in [1.29, 1.82) is 0 Å². The molecule has 0 unspecified atom stereocenters. The maximum absolute atomic E-state index is 12.1. The summed E-state index contributed by atoms with van der Waals surface area (Å²) in [4.78, 5) is 33.1. The number of nitrogens with zero attached hydrogens (tertiary/aromatic N) is 2. The molecule has 0 saturated heterocycles. The van der Waals surface area contributed by atoms with Gasteiger partial charge in [0, 0.05) is 18.7 Å². The molecule has 21 heavy (non-hydrogen) atoms. The van der Waals surface area contributed by atoms with Crippen LogP contribution in [0.3, 0.4) is 0 Å². The van der Waals surface area contributed by atoms with Crippen LogP contribution in [0.1, 0.15) is 45.4 Å². The minimum atomic E-state index is -0.0752. The molecular weight excluding hydrogens is 286 g/mol. The van der Waals surface area contributed by atoms with E-state index >= 15 is 0 Å². The average Bonchev–Trinajstić information content (AvgIpc) is 2.46. The first-order valence-corrected chi connectivity index (χ1v) is 8.58. The average molecular weight is 311 g/mol. The summed E-state index contributed by atoms with van der Waals surface area (Å²) in [5, 5.41) is 0.543. The Hall–Kier alpha value is -1.30. The van der Waals surface area contributed by atoms with Gasteiger partial charge in [0.05, 0.1) is 11.4 Å². The summed E-state index contributed by atoms with van der Waals surface area (Å²) in [6, 6.07) is 0. The summed E-state index contributed by atoms with van der Waals surface area (Å²) in [5.41, 5.74) is 1.55. The Morgan fingerprint density at radius 3 is 2.43 bits per heavy atom. The second-order valence-corrected chi connectivity index (χ2v) is 5.72. The highest BCUT2D eigenvalue weighted by molar-refractivity contribution is 7.99. The Kier molecular flexibility index (Phi) is 7.50. The summed E-state index contributed by atoms with van der Waals surface area (Å²) in [7, 11) is 0. The normalized spacial score (nSPS) is 10.7. The van der Waals surface area contributed by atoms with E-state index in [9.17, 15) is 9.59 Å². The molecule has 0 spiro atoms. The Bertz CT molecular complexity index is 524. The lowest BCUT2D eigenvalue weighted by molar-refractivity contribution is -0.127. The maximum atomic E-state index is 12.1. The zero-order chi connectivity index (χ0) is 15.8. The van der Waals surface area contributed by atoms with Crippen LogP contribution in [0, 0.1) is 0 Å². The SMILES string of the molecule is CCCc1nc(SCC(=O)N(CC)CC)[nH]c(=O)c1CC. The molecule has 6 heteroatoms. The standard InChI is InChI=1S/C15H25N3O2S/c1-5-9-12-11(6-2)14(20)17-15(16-12)21-10-13(19)18(7-3)8-4/h5-10H2,1-4H3,(H,16,17,20). The molecule has 0 aliphatic rings. The van der Waals surface area contributed by atoms with Gasteiger partial charge in [-0.2, -0.15) is 0 Å². The summed E-state index contributed by atoms with van der Waals surface area (Å²) >= 11 is 1.30. The fourth-order valence-electron chi connectivity index (χ4n) is 2.20. The van der Waals surface area contributed by atoms with Crippen LogP contribution < -0.4 is 5.56 Å². The van der Waals surface area contributed by atoms with Crippen LogP contribution in [0.25, 0.3) is 0 Å². The van der Waals surface area contributed by atoms with Gasteiger partial charge in [-0.3, -0.25) is 9.59 Å². The molecule has 1 aromatic heterocycles. The van der Waals surface area contributed by atoms with E-state index in [1.165, 1.54) is 11.8 Å². The maximum Gasteiger partial charge on any atom is 0.254 e. The molecule has 5 nitrogen and oxygen atoms in total. The van der Waals surface area contributed by atoms with E-state index in [2.05, 4.69) is 16.9 Å². The molecule has 1 rings (SSSR count). The zero-order valence-electron chi connectivity index (χ0n) is 13.4. The highest BCUT2D eigenvalue weighted by Crippen LogP contribution is 2.15. The third kappa shape index (κ3) is 4.88. The van der Waals surface area contributed by atoms with Crippen LogP contribution >= 0.6 is 11.8 Å². The molecule has 0 radical (unpaired) electrons. The molecule has 0 fully saturated rings. The van der Waals surface area contributed by atoms with Crippen molar-refractivity contribution in [2.24, 2.45) is 0 Å². The lowest BCUT2D eigenvalue weighted by atomic mass is 10.1. The number of thioether (sulfide) groups is 1. The van der Waals surface area contributed by atoms with Crippen molar-refractivity contribution in [3.05, 3.63) is 21.6 Å². The van der Waals surface area contributed by atoms with Gasteiger partial charge in [0.15, 0.2) is 5.16 Å². The number of nitrogens with one attached hydrogen (secondary N) is 1. The summed E-state index contributed by atoms with van der Waals surface area (Å²) in [5.74, 6) is 0.381. The Morgan fingerprint density at radius 1 is 1.24 bits per heavy atom. The molecule has 1 N–H and O–H groups in total. The Morgan fingerprint density at radius 2 is 1.90 bits per heavy atom. The van der Waals surface area contributed by atoms with Crippen molar-refractivity contribution in [2.75, 3.05) is 18.8 Å². The van der Waals surface area contributed by atoms with Crippen molar-refractivity contribution in [1.82, 2.24) is 14.9 Å². The summed E-state index contributed by atoms with van der Waals surface area (Å²) < 4.78 is 0. The van der Waals surface area contributed by atoms with E-state index in [4.69, 9.17) is 0 Å². The quantitative estimate of drug-likeness (QED) is 0.591. The second kappa shape index (κ2) is 8.87. The lowest BCUT2D eigenvalue weighted by Crippen LogP contribution is -2.32. The van der Waals surface area contributed by atoms with Gasteiger partial charge in [-0.1, -0.05) is 32.0 Å². The predicted octanol–water partition coefficient (Wildman–Crippen LogP) is 2.25. The second-order valence-electron chi connectivity index (χ2n) is 4.75. The number of aromatic nitrogens is 2. The number of carbonyl (C=O) groups excluding carboxylic acids is 1. The predicted molar refractivity (Wildman–Crippen MR) is 86.9 cm³/mol. The molecule has 1 aromatic rings. The number of H-pyrrole nitrogens is 1. The van der Waals surface area contributed by atoms with Gasteiger partial charge in [0.1, 0.15) is 0 Å². The molecule has 1 amide bonds. The highest BCUT2D eigenvalue weighted by Gasteiger charge is 2.13. The van der Waals surface area contributed by atoms with Crippen LogP contribution in [-0.2, 0) is 17.6 Å². The van der Waals surface area contributed by atoms with E-state index in [1.807, 2.05) is 20.8 Å². The number of aromatic amines is 1. The topological polar surface area (TPSA) is 66.1 Å². The first kappa shape index (κ1) is 17.8. The smallest absolute Gasteiger partial charge is 0.254 e. The summed E-state index contributed by atoms with van der Waals surface area (Å²) in [6.07, 6.45) is 2.43. The Balaban J connectivity index is 2.85. The molecule has 0 bridgehead atoms. The van der Waals surface area contributed by atoms with Gasteiger partial charge in [-0.05, 0) is 26.7 Å². The van der Waals surface area contributed by atoms with Crippen molar-refractivity contribution in [2.45, 2.75) is 52.1 Å². The zero-order valence-corrected chi connectivity index (χ0v) is 14.2. The molecule has 1 heterocycles. The highest BCUT2D eigenvalue weighted by atomic mass is 32.2. The van der Waals surface area contributed by atoms with E-state index in [-0.39, 0.29) is 11.5 Å². The van der Waals surface area contributed by atoms with Crippen LogP contribution in [0.4, 0.5) is 0 Å². The van der Waals surface area contributed by atoms with Crippen molar-refractivity contribution in [3.8, 4) is 0 Å². The fraction of sp³-hybridized carbons (Fsp3) is 0.667. The van der Waals surface area contributed by atoms with Gasteiger partial charge in [-0.25, -0.2) is 4.98 Å². The molecule has 0 saturated carbocycles. The van der Waals surface area contributed by atoms with Crippen LogP contribution in [0.5, 0.6) is 0 Å². The largest absolute Gasteiger partial charge is 0.343 e. The van der Waals surface area contributed by atoms with Crippen molar-refractivity contribution >= 4 is 17.7 Å². The number of hydrogen-bond donors (Lipinski definition) is 1. The van der Waals surface area contributed by atoms with Crippen LogP contribution in [0.2, 0.25) is 0 Å². The summed E-state index contributed by atoms with van der Waals surface area (Å²) in [6.45, 7) is 9.36. The van der Waals surface area contributed by atoms with Gasteiger partial charge in [-0.15, -0.1) is 0 Å². The first-order chi connectivity index (χ1) is 10.1.